The Labute approximate surface area is 120 Å². The first-order valence-corrected chi connectivity index (χ1v) is 7.87. The summed E-state index contributed by atoms with van der Waals surface area (Å²) in [5.41, 5.74) is 0. The highest BCUT2D eigenvalue weighted by Crippen LogP contribution is 2.20. The van der Waals surface area contributed by atoms with Crippen molar-refractivity contribution in [2.45, 2.75) is 44.9 Å². The molecule has 0 aliphatic carbocycles. The summed E-state index contributed by atoms with van der Waals surface area (Å²) in [5.74, 6) is 0.611. The lowest BCUT2D eigenvalue weighted by Crippen LogP contribution is -2.46. The van der Waals surface area contributed by atoms with E-state index < -0.39 is 0 Å². The number of rotatable bonds is 4. The molecule has 0 spiro atoms. The van der Waals surface area contributed by atoms with Crippen LogP contribution in [0.5, 0.6) is 0 Å². The zero-order chi connectivity index (χ0) is 14.4. The van der Waals surface area contributed by atoms with Crippen LogP contribution in [0.3, 0.4) is 0 Å². The van der Waals surface area contributed by atoms with E-state index in [2.05, 4.69) is 0 Å². The third-order valence-electron chi connectivity index (χ3n) is 4.41. The second kappa shape index (κ2) is 7.62. The molecule has 0 saturated carbocycles. The third kappa shape index (κ3) is 4.20. The van der Waals surface area contributed by atoms with Crippen molar-refractivity contribution in [3.8, 4) is 0 Å². The van der Waals surface area contributed by atoms with Crippen LogP contribution in [0.25, 0.3) is 0 Å². The summed E-state index contributed by atoms with van der Waals surface area (Å²) in [6, 6.07) is 0. The van der Waals surface area contributed by atoms with Gasteiger partial charge in [0.2, 0.25) is 11.8 Å². The molecule has 0 aromatic carbocycles. The van der Waals surface area contributed by atoms with Gasteiger partial charge in [0.05, 0.1) is 6.54 Å². The second-order valence-corrected chi connectivity index (χ2v) is 5.99. The first-order valence-electron chi connectivity index (χ1n) is 7.87. The molecule has 0 aromatic heterocycles. The number of hydrogen-bond acceptors (Lipinski definition) is 3. The number of carbonyl (C=O) groups is 2. The molecule has 0 aromatic rings. The Kier molecular flexibility index (Phi) is 5.83. The monoisotopic (exact) mass is 282 g/mol. The molecule has 0 bridgehead atoms. The highest BCUT2D eigenvalue weighted by Gasteiger charge is 2.26. The molecule has 2 saturated heterocycles. The minimum atomic E-state index is 0.0721. The molecule has 1 N–H and O–H groups in total. The number of hydrogen-bond donors (Lipinski definition) is 1. The van der Waals surface area contributed by atoms with Crippen molar-refractivity contribution in [1.29, 1.82) is 0 Å². The molecule has 0 radical (unpaired) electrons. The molecule has 1 unspecified atom stereocenters. The van der Waals surface area contributed by atoms with Gasteiger partial charge in [-0.15, -0.1) is 0 Å². The van der Waals surface area contributed by atoms with Crippen LogP contribution in [0, 0.1) is 5.92 Å². The minimum Gasteiger partial charge on any atom is -0.396 e. The standard InChI is InChI=1S/C15H26N2O3/c18-10-7-13-5-4-9-16(11-13)15(20)12-17-8-3-1-2-6-14(17)19/h13,18H,1-12H2. The number of carbonyl (C=O) groups excluding carboxylic acids is 2. The summed E-state index contributed by atoms with van der Waals surface area (Å²) in [4.78, 5) is 27.9. The fourth-order valence-corrected chi connectivity index (χ4v) is 3.18. The average molecular weight is 282 g/mol. The summed E-state index contributed by atoms with van der Waals surface area (Å²) in [5, 5.41) is 9.01. The maximum atomic E-state index is 12.3. The summed E-state index contributed by atoms with van der Waals surface area (Å²) >= 11 is 0. The fourth-order valence-electron chi connectivity index (χ4n) is 3.18. The Balaban J connectivity index is 1.85. The Morgan fingerprint density at radius 2 is 2.05 bits per heavy atom. The van der Waals surface area contributed by atoms with E-state index in [0.717, 1.165) is 58.2 Å². The number of aliphatic hydroxyl groups is 1. The van der Waals surface area contributed by atoms with Crippen molar-refractivity contribution in [2.24, 2.45) is 5.92 Å². The van der Waals surface area contributed by atoms with E-state index in [1.807, 2.05) is 4.90 Å². The lowest BCUT2D eigenvalue weighted by atomic mass is 9.95. The molecular formula is C15H26N2O3. The number of aliphatic hydroxyl groups excluding tert-OH is 1. The van der Waals surface area contributed by atoms with Gasteiger partial charge in [0.25, 0.3) is 0 Å². The van der Waals surface area contributed by atoms with Crippen molar-refractivity contribution in [2.75, 3.05) is 32.8 Å². The molecule has 2 aliphatic heterocycles. The molecule has 114 valence electrons. The zero-order valence-electron chi connectivity index (χ0n) is 12.2. The summed E-state index contributed by atoms with van der Waals surface area (Å²) in [7, 11) is 0. The van der Waals surface area contributed by atoms with E-state index in [0.29, 0.717) is 12.3 Å². The molecule has 5 nitrogen and oxygen atoms in total. The van der Waals surface area contributed by atoms with E-state index in [1.165, 1.54) is 0 Å². The quantitative estimate of drug-likeness (QED) is 0.837. The fraction of sp³-hybridized carbons (Fsp3) is 0.867. The van der Waals surface area contributed by atoms with Gasteiger partial charge in [0.1, 0.15) is 0 Å². The molecule has 2 heterocycles. The molecule has 2 rings (SSSR count). The molecule has 2 aliphatic rings. The maximum absolute atomic E-state index is 12.3. The number of nitrogens with zero attached hydrogens (tertiary/aromatic N) is 2. The highest BCUT2D eigenvalue weighted by molar-refractivity contribution is 5.85. The van der Waals surface area contributed by atoms with Crippen LogP contribution in [0.1, 0.15) is 44.9 Å². The SMILES string of the molecule is O=C1CCCCCN1CC(=O)N1CCCC(CCO)C1. The van der Waals surface area contributed by atoms with Gasteiger partial charge in [0, 0.05) is 32.7 Å². The van der Waals surface area contributed by atoms with Crippen molar-refractivity contribution in [3.63, 3.8) is 0 Å². The van der Waals surface area contributed by atoms with Gasteiger partial charge in [-0.2, -0.15) is 0 Å². The predicted molar refractivity (Wildman–Crippen MR) is 76.1 cm³/mol. The minimum absolute atomic E-state index is 0.0721. The second-order valence-electron chi connectivity index (χ2n) is 5.99. The molecule has 2 fully saturated rings. The largest absolute Gasteiger partial charge is 0.396 e. The van der Waals surface area contributed by atoms with E-state index in [1.54, 1.807) is 4.90 Å². The van der Waals surface area contributed by atoms with Crippen molar-refractivity contribution < 1.29 is 14.7 Å². The normalized spacial score (nSPS) is 24.6. The van der Waals surface area contributed by atoms with Gasteiger partial charge >= 0.3 is 0 Å². The van der Waals surface area contributed by atoms with Crippen molar-refractivity contribution in [3.05, 3.63) is 0 Å². The zero-order valence-corrected chi connectivity index (χ0v) is 12.2. The van der Waals surface area contributed by atoms with Crippen LogP contribution in [-0.4, -0.2) is 59.5 Å². The third-order valence-corrected chi connectivity index (χ3v) is 4.41. The molecule has 20 heavy (non-hydrogen) atoms. The van der Waals surface area contributed by atoms with E-state index in [9.17, 15) is 9.59 Å². The van der Waals surface area contributed by atoms with Gasteiger partial charge in [-0.25, -0.2) is 0 Å². The van der Waals surface area contributed by atoms with Crippen LogP contribution in [0.4, 0.5) is 0 Å². The van der Waals surface area contributed by atoms with E-state index in [-0.39, 0.29) is 25.0 Å². The Morgan fingerprint density at radius 1 is 1.20 bits per heavy atom. The van der Waals surface area contributed by atoms with Gasteiger partial charge in [0.15, 0.2) is 0 Å². The number of amides is 2. The Bertz CT molecular complexity index is 344. The van der Waals surface area contributed by atoms with E-state index >= 15 is 0 Å². The molecule has 1 atom stereocenters. The molecule has 5 heteroatoms. The average Bonchev–Trinajstić information content (AvgIpc) is 2.65. The topological polar surface area (TPSA) is 60.9 Å². The maximum Gasteiger partial charge on any atom is 0.242 e. The van der Waals surface area contributed by atoms with Crippen LogP contribution in [0.2, 0.25) is 0 Å². The number of likely N-dealkylation sites (tertiary alicyclic amines) is 2. The van der Waals surface area contributed by atoms with Gasteiger partial charge in [-0.3, -0.25) is 9.59 Å². The lowest BCUT2D eigenvalue weighted by Gasteiger charge is -2.34. The first-order chi connectivity index (χ1) is 9.70. The molecular weight excluding hydrogens is 256 g/mol. The van der Waals surface area contributed by atoms with Gasteiger partial charge in [-0.05, 0) is 38.0 Å². The van der Waals surface area contributed by atoms with Crippen LogP contribution in [0.15, 0.2) is 0 Å². The summed E-state index contributed by atoms with van der Waals surface area (Å²) in [6.07, 6.45) is 6.49. The van der Waals surface area contributed by atoms with Gasteiger partial charge < -0.3 is 14.9 Å². The Morgan fingerprint density at radius 3 is 2.85 bits per heavy atom. The van der Waals surface area contributed by atoms with Crippen LogP contribution in [-0.2, 0) is 9.59 Å². The highest BCUT2D eigenvalue weighted by atomic mass is 16.3. The first kappa shape index (κ1) is 15.3. The number of piperidine rings is 1. The Hall–Kier alpha value is -1.10. The molecule has 2 amide bonds. The van der Waals surface area contributed by atoms with Crippen molar-refractivity contribution >= 4 is 11.8 Å². The summed E-state index contributed by atoms with van der Waals surface area (Å²) < 4.78 is 0. The predicted octanol–water partition coefficient (Wildman–Crippen LogP) is 1.01. The van der Waals surface area contributed by atoms with Crippen LogP contribution >= 0.6 is 0 Å². The smallest absolute Gasteiger partial charge is 0.242 e. The van der Waals surface area contributed by atoms with Gasteiger partial charge in [-0.1, -0.05) is 6.42 Å². The van der Waals surface area contributed by atoms with Crippen LogP contribution < -0.4 is 0 Å². The summed E-state index contributed by atoms with van der Waals surface area (Å²) in [6.45, 7) is 2.69. The van der Waals surface area contributed by atoms with Crippen molar-refractivity contribution in [1.82, 2.24) is 9.80 Å². The van der Waals surface area contributed by atoms with E-state index in [4.69, 9.17) is 5.11 Å². The lowest BCUT2D eigenvalue weighted by molar-refractivity contribution is -0.141.